The van der Waals surface area contributed by atoms with Crippen molar-refractivity contribution in [1.82, 2.24) is 10.3 Å². The SMILES string of the molecule is CCC[C@@H](NC(=O)Nc1ccc(C(F)(F)F)nc1)C(=O)O. The smallest absolute Gasteiger partial charge is 0.433 e. The van der Waals surface area contributed by atoms with Gasteiger partial charge in [-0.2, -0.15) is 13.2 Å². The molecule has 1 heterocycles. The minimum absolute atomic E-state index is 0.0288. The van der Waals surface area contributed by atoms with Crippen molar-refractivity contribution in [2.45, 2.75) is 32.0 Å². The summed E-state index contributed by atoms with van der Waals surface area (Å²) in [6.45, 7) is 1.76. The third-order valence-corrected chi connectivity index (χ3v) is 2.49. The van der Waals surface area contributed by atoms with Crippen LogP contribution in [0.1, 0.15) is 25.5 Å². The van der Waals surface area contributed by atoms with Gasteiger partial charge in [0.1, 0.15) is 11.7 Å². The number of halogens is 3. The molecule has 0 radical (unpaired) electrons. The zero-order chi connectivity index (χ0) is 16.0. The Hall–Kier alpha value is -2.32. The molecule has 3 N–H and O–H groups in total. The minimum Gasteiger partial charge on any atom is -0.480 e. The Morgan fingerprint density at radius 1 is 1.38 bits per heavy atom. The number of nitrogens with one attached hydrogen (secondary N) is 2. The highest BCUT2D eigenvalue weighted by molar-refractivity contribution is 5.92. The van der Waals surface area contributed by atoms with E-state index >= 15 is 0 Å². The number of amides is 2. The van der Waals surface area contributed by atoms with Crippen LogP contribution in [0.4, 0.5) is 23.7 Å². The molecule has 9 heteroatoms. The van der Waals surface area contributed by atoms with E-state index in [9.17, 15) is 22.8 Å². The summed E-state index contributed by atoms with van der Waals surface area (Å²) < 4.78 is 36.9. The second-order valence-electron chi connectivity index (χ2n) is 4.21. The number of hydrogen-bond acceptors (Lipinski definition) is 3. The van der Waals surface area contributed by atoms with Crippen LogP contribution in [0.3, 0.4) is 0 Å². The lowest BCUT2D eigenvalue weighted by atomic mass is 10.2. The third-order valence-electron chi connectivity index (χ3n) is 2.49. The van der Waals surface area contributed by atoms with E-state index in [2.05, 4.69) is 15.6 Å². The van der Waals surface area contributed by atoms with Crippen molar-refractivity contribution >= 4 is 17.7 Å². The van der Waals surface area contributed by atoms with Gasteiger partial charge in [0.15, 0.2) is 0 Å². The van der Waals surface area contributed by atoms with Gasteiger partial charge in [0.25, 0.3) is 0 Å². The first-order valence-electron chi connectivity index (χ1n) is 6.07. The van der Waals surface area contributed by atoms with E-state index in [0.29, 0.717) is 6.42 Å². The van der Waals surface area contributed by atoms with E-state index in [4.69, 9.17) is 5.11 Å². The number of aromatic nitrogens is 1. The Morgan fingerprint density at radius 3 is 2.48 bits per heavy atom. The van der Waals surface area contributed by atoms with Gasteiger partial charge in [-0.05, 0) is 18.6 Å². The Kier molecular flexibility index (Phi) is 5.51. The molecule has 1 aromatic heterocycles. The first-order valence-corrected chi connectivity index (χ1v) is 6.07. The van der Waals surface area contributed by atoms with Crippen molar-refractivity contribution in [3.8, 4) is 0 Å². The molecule has 0 aliphatic rings. The molecule has 0 unspecified atom stereocenters. The van der Waals surface area contributed by atoms with Gasteiger partial charge in [0, 0.05) is 0 Å². The fraction of sp³-hybridized carbons (Fsp3) is 0.417. The minimum atomic E-state index is -4.56. The summed E-state index contributed by atoms with van der Waals surface area (Å²) in [5.41, 5.74) is -1.05. The van der Waals surface area contributed by atoms with Gasteiger partial charge in [0.2, 0.25) is 0 Å². The number of nitrogens with zero attached hydrogens (tertiary/aromatic N) is 1. The molecule has 0 saturated carbocycles. The molecule has 0 saturated heterocycles. The van der Waals surface area contributed by atoms with Gasteiger partial charge in [-0.15, -0.1) is 0 Å². The Labute approximate surface area is 118 Å². The second-order valence-corrected chi connectivity index (χ2v) is 4.21. The van der Waals surface area contributed by atoms with Gasteiger partial charge >= 0.3 is 18.2 Å². The summed E-state index contributed by atoms with van der Waals surface area (Å²) in [6.07, 6.45) is -2.92. The number of anilines is 1. The van der Waals surface area contributed by atoms with Crippen molar-refractivity contribution in [2.24, 2.45) is 0 Å². The summed E-state index contributed by atoms with van der Waals surface area (Å²) in [7, 11) is 0. The number of urea groups is 1. The van der Waals surface area contributed by atoms with E-state index in [1.54, 1.807) is 6.92 Å². The molecular weight excluding hydrogens is 291 g/mol. The molecule has 116 valence electrons. The fourth-order valence-corrected chi connectivity index (χ4v) is 1.51. The Balaban J connectivity index is 2.64. The van der Waals surface area contributed by atoms with Gasteiger partial charge in [-0.1, -0.05) is 13.3 Å². The number of aliphatic carboxylic acids is 1. The topological polar surface area (TPSA) is 91.3 Å². The molecule has 0 aliphatic heterocycles. The maximum absolute atomic E-state index is 12.3. The predicted octanol–water partition coefficient (Wildman–Crippen LogP) is 2.48. The number of alkyl halides is 3. The third kappa shape index (κ3) is 5.28. The van der Waals surface area contributed by atoms with Crippen LogP contribution in [0.2, 0.25) is 0 Å². The molecule has 0 aromatic carbocycles. The summed E-state index contributed by atoms with van der Waals surface area (Å²) in [4.78, 5) is 25.6. The highest BCUT2D eigenvalue weighted by atomic mass is 19.4. The van der Waals surface area contributed by atoms with Crippen LogP contribution in [0.25, 0.3) is 0 Å². The van der Waals surface area contributed by atoms with E-state index in [-0.39, 0.29) is 12.1 Å². The first-order chi connectivity index (χ1) is 9.74. The van der Waals surface area contributed by atoms with Crippen LogP contribution < -0.4 is 10.6 Å². The predicted molar refractivity (Wildman–Crippen MR) is 67.7 cm³/mol. The Morgan fingerprint density at radius 2 is 2.05 bits per heavy atom. The summed E-state index contributed by atoms with van der Waals surface area (Å²) >= 11 is 0. The molecule has 2 amide bonds. The summed E-state index contributed by atoms with van der Waals surface area (Å²) in [5, 5.41) is 13.3. The maximum atomic E-state index is 12.3. The lowest BCUT2D eigenvalue weighted by molar-refractivity contribution is -0.141. The number of carbonyl (C=O) groups is 2. The molecule has 0 bridgehead atoms. The summed E-state index contributed by atoms with van der Waals surface area (Å²) in [5.74, 6) is -1.18. The largest absolute Gasteiger partial charge is 0.480 e. The Bertz CT molecular complexity index is 503. The number of rotatable bonds is 5. The fourth-order valence-electron chi connectivity index (χ4n) is 1.51. The molecule has 21 heavy (non-hydrogen) atoms. The number of carbonyl (C=O) groups excluding carboxylic acids is 1. The van der Waals surface area contributed by atoms with Crippen molar-refractivity contribution < 1.29 is 27.9 Å². The van der Waals surface area contributed by atoms with Crippen LogP contribution in [0.5, 0.6) is 0 Å². The lowest BCUT2D eigenvalue weighted by Crippen LogP contribution is -2.42. The van der Waals surface area contributed by atoms with Crippen LogP contribution in [0.15, 0.2) is 18.3 Å². The average Bonchev–Trinajstić information content (AvgIpc) is 2.37. The lowest BCUT2D eigenvalue weighted by Gasteiger charge is -2.14. The van der Waals surface area contributed by atoms with Crippen molar-refractivity contribution in [1.29, 1.82) is 0 Å². The molecule has 1 rings (SSSR count). The average molecular weight is 305 g/mol. The number of carboxylic acid groups (broad SMARTS) is 1. The van der Waals surface area contributed by atoms with Gasteiger partial charge in [0.05, 0.1) is 11.9 Å². The van der Waals surface area contributed by atoms with E-state index in [1.807, 2.05) is 0 Å². The number of hydrogen-bond donors (Lipinski definition) is 3. The van der Waals surface area contributed by atoms with Gasteiger partial charge in [-0.25, -0.2) is 14.6 Å². The molecule has 0 spiro atoms. The van der Waals surface area contributed by atoms with Crippen molar-refractivity contribution in [3.05, 3.63) is 24.0 Å². The van der Waals surface area contributed by atoms with Crippen molar-refractivity contribution in [3.63, 3.8) is 0 Å². The van der Waals surface area contributed by atoms with Crippen molar-refractivity contribution in [2.75, 3.05) is 5.32 Å². The highest BCUT2D eigenvalue weighted by Crippen LogP contribution is 2.27. The van der Waals surface area contributed by atoms with E-state index in [0.717, 1.165) is 18.3 Å². The first kappa shape index (κ1) is 16.7. The van der Waals surface area contributed by atoms with E-state index < -0.39 is 29.9 Å². The van der Waals surface area contributed by atoms with Crippen LogP contribution in [-0.2, 0) is 11.0 Å². The molecule has 1 aromatic rings. The quantitative estimate of drug-likeness (QED) is 0.779. The van der Waals surface area contributed by atoms with Gasteiger partial charge in [-0.3, -0.25) is 0 Å². The summed E-state index contributed by atoms with van der Waals surface area (Å²) in [6, 6.07) is -0.128. The number of carboxylic acids is 1. The molecule has 1 atom stereocenters. The molecule has 0 fully saturated rings. The monoisotopic (exact) mass is 305 g/mol. The zero-order valence-electron chi connectivity index (χ0n) is 11.1. The highest BCUT2D eigenvalue weighted by Gasteiger charge is 2.32. The molecule has 0 aliphatic carbocycles. The van der Waals surface area contributed by atoms with Crippen LogP contribution in [-0.4, -0.2) is 28.1 Å². The normalized spacial score (nSPS) is 12.6. The molecular formula is C12H14F3N3O3. The second kappa shape index (κ2) is 6.91. The van der Waals surface area contributed by atoms with E-state index in [1.165, 1.54) is 0 Å². The molecule has 6 nitrogen and oxygen atoms in total. The zero-order valence-corrected chi connectivity index (χ0v) is 11.1. The standard InChI is InChI=1S/C12H14F3N3O3/c1-2-3-8(10(19)20)18-11(21)17-7-4-5-9(16-6-7)12(13,14)15/h4-6,8H,2-3H2,1H3,(H,19,20)(H2,17,18,21)/t8-/m1/s1. The van der Waals surface area contributed by atoms with Crippen LogP contribution in [0, 0.1) is 0 Å². The number of pyridine rings is 1. The van der Waals surface area contributed by atoms with Gasteiger partial charge < -0.3 is 15.7 Å². The van der Waals surface area contributed by atoms with Crippen LogP contribution >= 0.6 is 0 Å². The maximum Gasteiger partial charge on any atom is 0.433 e.